The van der Waals surface area contributed by atoms with Gasteiger partial charge in [-0.25, -0.2) is 0 Å². The summed E-state index contributed by atoms with van der Waals surface area (Å²) in [4.78, 5) is 0. The summed E-state index contributed by atoms with van der Waals surface area (Å²) in [6.45, 7) is 0. The Morgan fingerprint density at radius 3 is 0.786 bits per heavy atom. The van der Waals surface area contributed by atoms with E-state index in [0.717, 1.165) is 65.8 Å². The lowest BCUT2D eigenvalue weighted by atomic mass is 9.83. The standard InChI is InChI=1S/C42H26O.2C36H22O/c1-2-12-27(13-3-1)31-16-6-7-17-32(31)42-35-20-10-8-18-33(35)41(34-19-9-11-21-36(34)42)30-22-23-39-37(25-30)38-24-28-14-4-5-15-29(28)26-40(38)43-39;1-2-12-25-23(10-1)11-9-18-27(25)36-30-16-5-3-14-28(30)35(29-15-4-6-17-31(29)36)24-20-21-34-32(22-24)26-13-7-8-19-33(26)37-34;1-2-10-23(11-3-1)35-27-14-6-8-16-29(27)36(30-17-9-7-15-28(30)35)26-18-19-33-31(21-26)32-20-24-12-4-5-13-25(24)22-34(32)37-33/h1-26H;2*1-22H. The molecule has 25 rings (SSSR count). The number of para-hydroxylation sites is 1. The van der Waals surface area contributed by atoms with Gasteiger partial charge in [0.15, 0.2) is 0 Å². The van der Waals surface area contributed by atoms with Crippen LogP contribution in [-0.4, -0.2) is 0 Å². The van der Waals surface area contributed by atoms with E-state index in [1.165, 1.54) is 175 Å². The van der Waals surface area contributed by atoms with Crippen molar-refractivity contribution in [1.29, 1.82) is 0 Å². The van der Waals surface area contributed by atoms with Crippen molar-refractivity contribution in [1.82, 2.24) is 0 Å². The van der Waals surface area contributed by atoms with Gasteiger partial charge in [0.25, 0.3) is 0 Å². The van der Waals surface area contributed by atoms with Crippen LogP contribution >= 0.6 is 0 Å². The Bertz CT molecular complexity index is 8150. The first-order valence-corrected chi connectivity index (χ1v) is 40.2. The van der Waals surface area contributed by atoms with E-state index >= 15 is 0 Å². The minimum Gasteiger partial charge on any atom is -0.456 e. The number of hydrogen-bond acceptors (Lipinski definition) is 3. The molecule has 3 heteroatoms. The molecule has 3 nitrogen and oxygen atoms in total. The second-order valence-electron chi connectivity index (χ2n) is 30.7. The van der Waals surface area contributed by atoms with Crippen LogP contribution in [0, 0.1) is 0 Å². The molecule has 3 aromatic heterocycles. The summed E-state index contributed by atoms with van der Waals surface area (Å²) >= 11 is 0. The maximum atomic E-state index is 6.36. The van der Waals surface area contributed by atoms with Crippen molar-refractivity contribution in [3.63, 3.8) is 0 Å². The predicted octanol–water partition coefficient (Wildman–Crippen LogP) is 32.8. The van der Waals surface area contributed by atoms with Gasteiger partial charge in [-0.15, -0.1) is 0 Å². The highest BCUT2D eigenvalue weighted by Gasteiger charge is 2.24. The topological polar surface area (TPSA) is 39.4 Å². The van der Waals surface area contributed by atoms with Crippen molar-refractivity contribution in [2.24, 2.45) is 0 Å². The molecule has 22 aromatic carbocycles. The molecule has 0 amide bonds. The van der Waals surface area contributed by atoms with Gasteiger partial charge in [-0.2, -0.15) is 0 Å². The molecule has 0 spiro atoms. The Kier molecular flexibility index (Phi) is 16.0. The molecule has 0 fully saturated rings. The van der Waals surface area contributed by atoms with Crippen LogP contribution in [0.5, 0.6) is 0 Å². The third-order valence-electron chi connectivity index (χ3n) is 24.1. The third kappa shape index (κ3) is 11.3. The third-order valence-corrected chi connectivity index (χ3v) is 24.1. The Labute approximate surface area is 674 Å². The maximum absolute atomic E-state index is 6.36. The van der Waals surface area contributed by atoms with Gasteiger partial charge in [-0.1, -0.05) is 358 Å². The summed E-state index contributed by atoms with van der Waals surface area (Å²) in [5.74, 6) is 0. The van der Waals surface area contributed by atoms with E-state index in [0.29, 0.717) is 0 Å². The van der Waals surface area contributed by atoms with Crippen LogP contribution in [0.4, 0.5) is 0 Å². The van der Waals surface area contributed by atoms with Crippen LogP contribution in [-0.2, 0) is 0 Å². The predicted molar refractivity (Wildman–Crippen MR) is 497 cm³/mol. The Hall–Kier alpha value is -15.4. The van der Waals surface area contributed by atoms with Gasteiger partial charge >= 0.3 is 0 Å². The maximum Gasteiger partial charge on any atom is 0.136 e. The minimum atomic E-state index is 0.913. The molecule has 544 valence electrons. The molecule has 0 N–H and O–H groups in total. The van der Waals surface area contributed by atoms with Crippen LogP contribution in [0.25, 0.3) is 241 Å². The van der Waals surface area contributed by atoms with Crippen molar-refractivity contribution in [2.75, 3.05) is 0 Å². The highest BCUT2D eigenvalue weighted by Crippen LogP contribution is 2.51. The number of rotatable bonds is 7. The molecule has 0 aliphatic carbocycles. The first-order chi connectivity index (χ1) is 58.0. The summed E-state index contributed by atoms with van der Waals surface area (Å²) in [6.07, 6.45) is 0. The zero-order chi connectivity index (χ0) is 77.0. The fourth-order valence-corrected chi connectivity index (χ4v) is 18.9. The highest BCUT2D eigenvalue weighted by molar-refractivity contribution is 6.27. The zero-order valence-corrected chi connectivity index (χ0v) is 63.6. The molecule has 0 bridgehead atoms. The van der Waals surface area contributed by atoms with Gasteiger partial charge in [0.1, 0.15) is 33.5 Å². The first-order valence-electron chi connectivity index (χ1n) is 40.2. The van der Waals surface area contributed by atoms with Crippen molar-refractivity contribution in [3.05, 3.63) is 425 Å². The van der Waals surface area contributed by atoms with E-state index in [2.05, 4.69) is 413 Å². The Morgan fingerprint density at radius 2 is 0.368 bits per heavy atom. The second kappa shape index (κ2) is 27.8. The van der Waals surface area contributed by atoms with E-state index in [1.807, 2.05) is 12.1 Å². The molecule has 0 saturated carbocycles. The van der Waals surface area contributed by atoms with E-state index < -0.39 is 0 Å². The fourth-order valence-electron chi connectivity index (χ4n) is 18.9. The van der Waals surface area contributed by atoms with Crippen LogP contribution in [0.15, 0.2) is 438 Å². The number of furan rings is 3. The van der Waals surface area contributed by atoms with Crippen molar-refractivity contribution in [2.45, 2.75) is 0 Å². The molecule has 25 aromatic rings. The lowest BCUT2D eigenvalue weighted by Crippen LogP contribution is -1.92. The molecule has 0 atom stereocenters. The number of fused-ring (bicyclic) bond motifs is 18. The van der Waals surface area contributed by atoms with Crippen molar-refractivity contribution < 1.29 is 13.3 Å². The van der Waals surface area contributed by atoms with Crippen molar-refractivity contribution >= 4 is 163 Å². The van der Waals surface area contributed by atoms with Gasteiger partial charge in [-0.05, 0) is 242 Å². The van der Waals surface area contributed by atoms with Crippen LogP contribution in [0.3, 0.4) is 0 Å². The lowest BCUT2D eigenvalue weighted by molar-refractivity contribution is 0.668. The number of hydrogen-bond donors (Lipinski definition) is 0. The average molecular weight is 1490 g/mol. The van der Waals surface area contributed by atoms with Gasteiger partial charge in [0.2, 0.25) is 0 Å². The first kappa shape index (κ1) is 67.3. The Balaban J connectivity index is 0.000000104. The molecule has 0 radical (unpaired) electrons. The molecule has 0 aliphatic heterocycles. The summed E-state index contributed by atoms with van der Waals surface area (Å²) in [6, 6.07) is 153. The second-order valence-corrected chi connectivity index (χ2v) is 30.7. The quantitative estimate of drug-likeness (QED) is 0.149. The largest absolute Gasteiger partial charge is 0.456 e. The normalized spacial score (nSPS) is 11.8. The van der Waals surface area contributed by atoms with E-state index in [9.17, 15) is 0 Å². The smallest absolute Gasteiger partial charge is 0.136 e. The molecule has 0 saturated heterocycles. The molecular weight excluding hydrogens is 1420 g/mol. The Morgan fingerprint density at radius 1 is 0.111 bits per heavy atom. The average Bonchev–Trinajstić information content (AvgIpc) is 1.60. The SMILES string of the molecule is c1ccc(-c2c3ccccc3c(-c3ccc4oc5cc6ccccc6cc5c4c3)c3ccccc23)cc1.c1ccc(-c2ccccc2-c2c3ccccc3c(-c3ccc4oc5cc6ccccc6cc5c4c3)c3ccccc23)cc1.c1ccc2c(-c3c4ccccc4c(-c4ccc5oc6ccccc6c5c4)c4ccccc34)cccc2c1. The zero-order valence-electron chi connectivity index (χ0n) is 63.6. The lowest BCUT2D eigenvalue weighted by Gasteiger charge is -2.19. The molecule has 3 heterocycles. The van der Waals surface area contributed by atoms with Gasteiger partial charge < -0.3 is 13.3 Å². The number of benzene rings is 22. The van der Waals surface area contributed by atoms with Crippen LogP contribution < -0.4 is 0 Å². The minimum absolute atomic E-state index is 0.913. The highest BCUT2D eigenvalue weighted by atomic mass is 16.3. The summed E-state index contributed by atoms with van der Waals surface area (Å²) in [7, 11) is 0. The molecule has 117 heavy (non-hydrogen) atoms. The summed E-state index contributed by atoms with van der Waals surface area (Å²) in [5.41, 5.74) is 23.0. The van der Waals surface area contributed by atoms with E-state index in [4.69, 9.17) is 13.3 Å². The van der Waals surface area contributed by atoms with E-state index in [1.54, 1.807) is 0 Å². The van der Waals surface area contributed by atoms with Crippen LogP contribution in [0.1, 0.15) is 0 Å². The van der Waals surface area contributed by atoms with Gasteiger partial charge in [0.05, 0.1) is 0 Å². The van der Waals surface area contributed by atoms with Crippen molar-refractivity contribution in [3.8, 4) is 77.9 Å². The van der Waals surface area contributed by atoms with Gasteiger partial charge in [0, 0.05) is 32.3 Å². The summed E-state index contributed by atoms with van der Waals surface area (Å²) < 4.78 is 18.8. The summed E-state index contributed by atoms with van der Waals surface area (Å²) in [5, 5.41) is 29.4. The molecule has 0 aliphatic rings. The van der Waals surface area contributed by atoms with E-state index in [-0.39, 0.29) is 0 Å². The molecular formula is C114H70O3. The fraction of sp³-hybridized carbons (Fsp3) is 0. The monoisotopic (exact) mass is 1490 g/mol. The molecule has 0 unspecified atom stereocenters. The van der Waals surface area contributed by atoms with Crippen LogP contribution in [0.2, 0.25) is 0 Å². The van der Waals surface area contributed by atoms with Gasteiger partial charge in [-0.3, -0.25) is 0 Å².